The van der Waals surface area contributed by atoms with Gasteiger partial charge in [-0.05, 0) is 39.8 Å². The predicted octanol–water partition coefficient (Wildman–Crippen LogP) is 3.25. The van der Waals surface area contributed by atoms with Crippen molar-refractivity contribution in [2.24, 2.45) is 4.99 Å². The SMILES string of the molecule is CC(C)(C)OC(=O)NC1=N[C@](C)(c2nc(N)ccc2F)C[C@H](C(F)(F)F)O1. The van der Waals surface area contributed by atoms with Crippen LogP contribution in [0.15, 0.2) is 17.1 Å². The molecule has 1 aliphatic heterocycles. The van der Waals surface area contributed by atoms with Crippen LogP contribution in [0.3, 0.4) is 0 Å². The highest BCUT2D eigenvalue weighted by Crippen LogP contribution is 2.40. The van der Waals surface area contributed by atoms with Gasteiger partial charge < -0.3 is 15.2 Å². The standard InChI is InChI=1S/C16H20F4N4O3/c1-14(2,3)27-13(25)23-12-24-15(4,7-9(26-12)16(18,19)20)11-8(17)5-6-10(21)22-11/h5-6,9H,7H2,1-4H3,(H2,21,22)(H,23,24,25)/t9-,15+/m1/s1. The summed E-state index contributed by atoms with van der Waals surface area (Å²) >= 11 is 0. The van der Waals surface area contributed by atoms with E-state index in [1.54, 1.807) is 20.8 Å². The maximum Gasteiger partial charge on any atom is 0.425 e. The number of nitrogens with two attached hydrogens (primary N) is 1. The van der Waals surface area contributed by atoms with Gasteiger partial charge in [0, 0.05) is 6.42 Å². The number of pyridine rings is 1. The van der Waals surface area contributed by atoms with E-state index in [2.05, 4.69) is 9.98 Å². The molecular formula is C16H20F4N4O3. The molecule has 1 amide bonds. The molecule has 0 spiro atoms. The van der Waals surface area contributed by atoms with Crippen molar-refractivity contribution in [3.63, 3.8) is 0 Å². The first-order valence-corrected chi connectivity index (χ1v) is 7.95. The zero-order chi connectivity index (χ0) is 20.6. The maximum atomic E-state index is 14.2. The Hall–Kier alpha value is -2.59. The number of carbonyl (C=O) groups excluding carboxylic acids is 1. The molecule has 0 bridgehead atoms. The van der Waals surface area contributed by atoms with Crippen molar-refractivity contribution < 1.29 is 31.8 Å². The number of aliphatic imine (C=N–C) groups is 1. The summed E-state index contributed by atoms with van der Waals surface area (Å²) in [4.78, 5) is 19.6. The van der Waals surface area contributed by atoms with Gasteiger partial charge in [-0.1, -0.05) is 0 Å². The molecule has 0 saturated carbocycles. The number of ether oxygens (including phenoxy) is 2. The number of aromatic nitrogens is 1. The van der Waals surface area contributed by atoms with Crippen molar-refractivity contribution >= 4 is 17.9 Å². The average molecular weight is 392 g/mol. The number of anilines is 1. The summed E-state index contributed by atoms with van der Waals surface area (Å²) < 4.78 is 63.8. The van der Waals surface area contributed by atoms with E-state index in [-0.39, 0.29) is 11.5 Å². The molecule has 27 heavy (non-hydrogen) atoms. The fourth-order valence-corrected chi connectivity index (χ4v) is 2.45. The molecule has 2 atom stereocenters. The van der Waals surface area contributed by atoms with Crippen LogP contribution in [0.2, 0.25) is 0 Å². The van der Waals surface area contributed by atoms with E-state index in [4.69, 9.17) is 15.2 Å². The average Bonchev–Trinajstić information content (AvgIpc) is 2.46. The number of hydrogen-bond donors (Lipinski definition) is 2. The van der Waals surface area contributed by atoms with Crippen molar-refractivity contribution in [2.75, 3.05) is 5.73 Å². The van der Waals surface area contributed by atoms with Gasteiger partial charge in [-0.25, -0.2) is 24.5 Å². The number of halogens is 4. The molecule has 2 heterocycles. The molecule has 1 aromatic rings. The molecule has 1 aromatic heterocycles. The number of amidine groups is 1. The van der Waals surface area contributed by atoms with E-state index in [0.29, 0.717) is 0 Å². The van der Waals surface area contributed by atoms with Gasteiger partial charge in [0.2, 0.25) is 0 Å². The zero-order valence-electron chi connectivity index (χ0n) is 15.1. The first kappa shape index (κ1) is 20.7. The smallest absolute Gasteiger partial charge is 0.425 e. The minimum Gasteiger partial charge on any atom is -0.452 e. The molecule has 0 aromatic carbocycles. The van der Waals surface area contributed by atoms with Crippen molar-refractivity contribution in [1.29, 1.82) is 0 Å². The number of nitrogens with zero attached hydrogens (tertiary/aromatic N) is 2. The van der Waals surface area contributed by atoms with Crippen LogP contribution in [0.5, 0.6) is 0 Å². The number of rotatable bonds is 1. The Morgan fingerprint density at radius 1 is 1.37 bits per heavy atom. The van der Waals surface area contributed by atoms with E-state index in [0.717, 1.165) is 6.07 Å². The second kappa shape index (κ2) is 6.86. The van der Waals surface area contributed by atoms with Crippen LogP contribution in [-0.4, -0.2) is 35.0 Å². The fraction of sp³-hybridized carbons (Fsp3) is 0.562. The lowest BCUT2D eigenvalue weighted by atomic mass is 9.89. The second-order valence-corrected chi connectivity index (χ2v) is 7.24. The van der Waals surface area contributed by atoms with Gasteiger partial charge in [0.25, 0.3) is 6.02 Å². The lowest BCUT2D eigenvalue weighted by molar-refractivity contribution is -0.208. The Kier molecular flexibility index (Phi) is 5.26. The van der Waals surface area contributed by atoms with E-state index in [1.165, 1.54) is 13.0 Å². The fourth-order valence-electron chi connectivity index (χ4n) is 2.45. The summed E-state index contributed by atoms with van der Waals surface area (Å²) in [6, 6.07) is 1.41. The Labute approximate surface area is 152 Å². The maximum absolute atomic E-state index is 14.2. The molecule has 2 rings (SSSR count). The highest BCUT2D eigenvalue weighted by atomic mass is 19.4. The molecule has 7 nitrogen and oxygen atoms in total. The summed E-state index contributed by atoms with van der Waals surface area (Å²) in [5.41, 5.74) is 2.47. The third-order valence-corrected chi connectivity index (χ3v) is 3.54. The molecule has 3 N–H and O–H groups in total. The van der Waals surface area contributed by atoms with Crippen LogP contribution in [0, 0.1) is 5.82 Å². The topological polar surface area (TPSA) is 98.8 Å². The number of alkyl halides is 3. The molecule has 0 aliphatic carbocycles. The summed E-state index contributed by atoms with van der Waals surface area (Å²) in [6.07, 6.45) is -8.93. The van der Waals surface area contributed by atoms with Gasteiger partial charge in [-0.2, -0.15) is 13.2 Å². The van der Waals surface area contributed by atoms with E-state index in [9.17, 15) is 22.4 Å². The highest BCUT2D eigenvalue weighted by Gasteiger charge is 2.51. The van der Waals surface area contributed by atoms with Crippen LogP contribution < -0.4 is 11.1 Å². The largest absolute Gasteiger partial charge is 0.452 e. The molecular weight excluding hydrogens is 372 g/mol. The number of alkyl carbamates (subject to hydrolysis) is 1. The Balaban J connectivity index is 2.42. The molecule has 1 aliphatic rings. The minimum absolute atomic E-state index is 0.0838. The van der Waals surface area contributed by atoms with E-state index >= 15 is 0 Å². The van der Waals surface area contributed by atoms with Crippen LogP contribution in [-0.2, 0) is 15.0 Å². The van der Waals surface area contributed by atoms with Crippen LogP contribution >= 0.6 is 0 Å². The molecule has 0 radical (unpaired) electrons. The zero-order valence-corrected chi connectivity index (χ0v) is 15.1. The first-order chi connectivity index (χ1) is 12.2. The van der Waals surface area contributed by atoms with Gasteiger partial charge in [-0.15, -0.1) is 0 Å². The summed E-state index contributed by atoms with van der Waals surface area (Å²) in [5.74, 6) is -0.964. The highest BCUT2D eigenvalue weighted by molar-refractivity contribution is 5.91. The normalized spacial score (nSPS) is 23.3. The first-order valence-electron chi connectivity index (χ1n) is 7.95. The van der Waals surface area contributed by atoms with Gasteiger partial charge in [0.05, 0.1) is 0 Å². The van der Waals surface area contributed by atoms with E-state index in [1.807, 2.05) is 5.32 Å². The minimum atomic E-state index is -4.78. The van der Waals surface area contributed by atoms with Crippen LogP contribution in [0.25, 0.3) is 0 Å². The number of nitrogen functional groups attached to an aromatic ring is 1. The van der Waals surface area contributed by atoms with Crippen LogP contribution in [0.1, 0.15) is 39.8 Å². The van der Waals surface area contributed by atoms with Gasteiger partial charge >= 0.3 is 12.3 Å². The van der Waals surface area contributed by atoms with Gasteiger partial charge in [0.15, 0.2) is 6.10 Å². The summed E-state index contributed by atoms with van der Waals surface area (Å²) in [5, 5.41) is 2.02. The number of hydrogen-bond acceptors (Lipinski definition) is 6. The van der Waals surface area contributed by atoms with E-state index < -0.39 is 47.8 Å². The van der Waals surface area contributed by atoms with Crippen molar-refractivity contribution in [3.8, 4) is 0 Å². The monoisotopic (exact) mass is 392 g/mol. The second-order valence-electron chi connectivity index (χ2n) is 7.24. The molecule has 0 unspecified atom stereocenters. The quantitative estimate of drug-likeness (QED) is 0.715. The Bertz CT molecular complexity index is 761. The van der Waals surface area contributed by atoms with Crippen molar-refractivity contribution in [1.82, 2.24) is 10.3 Å². The van der Waals surface area contributed by atoms with Crippen molar-refractivity contribution in [3.05, 3.63) is 23.6 Å². The Morgan fingerprint density at radius 2 is 2.00 bits per heavy atom. The lowest BCUT2D eigenvalue weighted by Crippen LogP contribution is -2.49. The number of carbonyl (C=O) groups is 1. The molecule has 150 valence electrons. The predicted molar refractivity (Wildman–Crippen MR) is 88.3 cm³/mol. The molecule has 11 heteroatoms. The lowest BCUT2D eigenvalue weighted by Gasteiger charge is -2.36. The number of nitrogens with one attached hydrogen (secondary N) is 1. The number of amides is 1. The molecule has 0 saturated heterocycles. The Morgan fingerprint density at radius 3 is 2.56 bits per heavy atom. The van der Waals surface area contributed by atoms with Gasteiger partial charge in [-0.3, -0.25) is 0 Å². The summed E-state index contributed by atoms with van der Waals surface area (Å²) in [6.45, 7) is 5.97. The summed E-state index contributed by atoms with van der Waals surface area (Å²) in [7, 11) is 0. The van der Waals surface area contributed by atoms with Crippen molar-refractivity contribution in [2.45, 2.75) is 57.5 Å². The van der Waals surface area contributed by atoms with Crippen LogP contribution in [0.4, 0.5) is 28.2 Å². The third kappa shape index (κ3) is 5.20. The molecule has 0 fully saturated rings. The van der Waals surface area contributed by atoms with Gasteiger partial charge in [0.1, 0.15) is 28.5 Å². The third-order valence-electron chi connectivity index (χ3n) is 3.54.